The maximum atomic E-state index is 12.1. The van der Waals surface area contributed by atoms with Crippen molar-refractivity contribution in [2.45, 2.75) is 39.5 Å². The van der Waals surface area contributed by atoms with Gasteiger partial charge in [-0.25, -0.2) is 5.43 Å². The van der Waals surface area contributed by atoms with Crippen LogP contribution >= 0.6 is 0 Å². The summed E-state index contributed by atoms with van der Waals surface area (Å²) in [6.07, 6.45) is 2.00. The van der Waals surface area contributed by atoms with Crippen LogP contribution in [0, 0.1) is 0 Å². The smallest absolute Gasteiger partial charge is 0.240 e. The van der Waals surface area contributed by atoms with Crippen molar-refractivity contribution in [1.29, 1.82) is 0 Å². The summed E-state index contributed by atoms with van der Waals surface area (Å²) in [5.41, 5.74) is 6.09. The number of hydrogen-bond acceptors (Lipinski definition) is 3. The molecule has 2 aromatic carbocycles. The molecule has 0 aliphatic carbocycles. The first kappa shape index (κ1) is 19.4. The average Bonchev–Trinajstić information content (AvgIpc) is 2.66. The lowest BCUT2D eigenvalue weighted by atomic mass is 10.1. The fourth-order valence-corrected chi connectivity index (χ4v) is 2.53. The second-order valence-electron chi connectivity index (χ2n) is 6.10. The third-order valence-electron chi connectivity index (χ3n) is 3.94. The Bertz CT molecular complexity index is 770. The van der Waals surface area contributed by atoms with Crippen LogP contribution in [0.4, 0.5) is 5.69 Å². The number of rotatable bonds is 8. The number of benzene rings is 2. The minimum atomic E-state index is -0.162. The molecule has 0 aliphatic heterocycles. The van der Waals surface area contributed by atoms with Crippen LogP contribution in [0.1, 0.15) is 37.8 Å². The van der Waals surface area contributed by atoms with Crippen LogP contribution in [-0.4, -0.2) is 17.5 Å². The predicted molar refractivity (Wildman–Crippen MR) is 105 cm³/mol. The first-order valence-corrected chi connectivity index (χ1v) is 8.82. The van der Waals surface area contributed by atoms with Gasteiger partial charge in [0.05, 0.1) is 6.42 Å². The van der Waals surface area contributed by atoms with Gasteiger partial charge in [-0.15, -0.1) is 0 Å². The highest BCUT2D eigenvalue weighted by atomic mass is 16.2. The van der Waals surface area contributed by atoms with E-state index in [4.69, 9.17) is 0 Å². The van der Waals surface area contributed by atoms with Gasteiger partial charge in [-0.2, -0.15) is 5.10 Å². The van der Waals surface area contributed by atoms with E-state index in [0.717, 1.165) is 23.2 Å². The number of carbonyl (C=O) groups is 2. The number of carbonyl (C=O) groups excluding carboxylic acids is 2. The highest BCUT2D eigenvalue weighted by molar-refractivity contribution is 6.06. The molecule has 2 aromatic rings. The summed E-state index contributed by atoms with van der Waals surface area (Å²) >= 11 is 0. The van der Waals surface area contributed by atoms with Gasteiger partial charge in [0.15, 0.2) is 0 Å². The molecule has 0 heterocycles. The van der Waals surface area contributed by atoms with E-state index in [1.807, 2.05) is 61.5 Å². The number of nitrogens with one attached hydrogen (secondary N) is 2. The third-order valence-corrected chi connectivity index (χ3v) is 3.94. The van der Waals surface area contributed by atoms with E-state index in [9.17, 15) is 9.59 Å². The summed E-state index contributed by atoms with van der Waals surface area (Å²) in [5.74, 6) is -0.310. The minimum absolute atomic E-state index is 0.136. The Morgan fingerprint density at radius 3 is 2.38 bits per heavy atom. The van der Waals surface area contributed by atoms with E-state index in [-0.39, 0.29) is 18.2 Å². The topological polar surface area (TPSA) is 70.6 Å². The Kier molecular flexibility index (Phi) is 7.55. The van der Waals surface area contributed by atoms with Crippen LogP contribution < -0.4 is 10.7 Å². The lowest BCUT2D eigenvalue weighted by Gasteiger charge is -2.09. The lowest BCUT2D eigenvalue weighted by molar-refractivity contribution is -0.121. The van der Waals surface area contributed by atoms with Crippen molar-refractivity contribution in [2.24, 2.45) is 5.10 Å². The predicted octanol–water partition coefficient (Wildman–Crippen LogP) is 3.70. The second kappa shape index (κ2) is 10.1. The molecule has 0 radical (unpaired) electrons. The van der Waals surface area contributed by atoms with E-state index in [0.29, 0.717) is 18.6 Å². The van der Waals surface area contributed by atoms with Gasteiger partial charge in [0.2, 0.25) is 11.8 Å². The van der Waals surface area contributed by atoms with E-state index in [1.165, 1.54) is 0 Å². The summed E-state index contributed by atoms with van der Waals surface area (Å²) in [6, 6.07) is 17.5. The molecule has 5 nitrogen and oxygen atoms in total. The molecule has 0 unspecified atom stereocenters. The molecule has 0 atom stereocenters. The molecule has 2 amide bonds. The van der Waals surface area contributed by atoms with Gasteiger partial charge in [-0.3, -0.25) is 9.59 Å². The molecular weight excluding hydrogens is 326 g/mol. The van der Waals surface area contributed by atoms with E-state index in [2.05, 4.69) is 15.8 Å². The van der Waals surface area contributed by atoms with Gasteiger partial charge in [-0.1, -0.05) is 55.5 Å². The lowest BCUT2D eigenvalue weighted by Crippen LogP contribution is -2.22. The molecule has 0 aliphatic rings. The van der Waals surface area contributed by atoms with Gasteiger partial charge in [0.1, 0.15) is 0 Å². The monoisotopic (exact) mass is 351 g/mol. The van der Waals surface area contributed by atoms with Crippen molar-refractivity contribution in [1.82, 2.24) is 5.43 Å². The molecule has 0 bridgehead atoms. The van der Waals surface area contributed by atoms with Crippen LogP contribution in [0.2, 0.25) is 0 Å². The van der Waals surface area contributed by atoms with Crippen LogP contribution in [0.25, 0.3) is 0 Å². The molecule has 2 N–H and O–H groups in total. The summed E-state index contributed by atoms with van der Waals surface area (Å²) in [6.45, 7) is 3.77. The molecule has 0 fully saturated rings. The van der Waals surface area contributed by atoms with Crippen LogP contribution in [0.5, 0.6) is 0 Å². The zero-order valence-corrected chi connectivity index (χ0v) is 15.3. The number of para-hydroxylation sites is 1. The number of hydrogen-bond donors (Lipinski definition) is 2. The largest absolute Gasteiger partial charge is 0.326 e. The molecule has 2 rings (SSSR count). The van der Waals surface area contributed by atoms with E-state index in [1.54, 1.807) is 6.92 Å². The fourth-order valence-electron chi connectivity index (χ4n) is 2.53. The SMILES string of the molecule is CCc1ccccc1NC(=O)C/C(C)=N/NC(=O)CCc1ccccc1. The summed E-state index contributed by atoms with van der Waals surface area (Å²) in [4.78, 5) is 24.0. The molecule has 0 saturated heterocycles. The van der Waals surface area contributed by atoms with E-state index >= 15 is 0 Å². The number of anilines is 1. The summed E-state index contributed by atoms with van der Waals surface area (Å²) in [7, 11) is 0. The van der Waals surface area contributed by atoms with Crippen molar-refractivity contribution in [3.63, 3.8) is 0 Å². The first-order valence-electron chi connectivity index (χ1n) is 8.82. The molecule has 0 aromatic heterocycles. The van der Waals surface area contributed by atoms with Crippen molar-refractivity contribution in [3.05, 3.63) is 65.7 Å². The van der Waals surface area contributed by atoms with Crippen LogP contribution in [0.15, 0.2) is 59.7 Å². The zero-order chi connectivity index (χ0) is 18.8. The minimum Gasteiger partial charge on any atom is -0.326 e. The summed E-state index contributed by atoms with van der Waals surface area (Å²) < 4.78 is 0. The van der Waals surface area contributed by atoms with Crippen molar-refractivity contribution >= 4 is 23.2 Å². The Labute approximate surface area is 154 Å². The second-order valence-corrected chi connectivity index (χ2v) is 6.10. The quantitative estimate of drug-likeness (QED) is 0.562. The van der Waals surface area contributed by atoms with Crippen molar-refractivity contribution < 1.29 is 9.59 Å². The van der Waals surface area contributed by atoms with E-state index < -0.39 is 0 Å². The van der Waals surface area contributed by atoms with Crippen LogP contribution in [-0.2, 0) is 22.4 Å². The maximum absolute atomic E-state index is 12.1. The number of hydrazone groups is 1. The highest BCUT2D eigenvalue weighted by Gasteiger charge is 2.08. The first-order chi connectivity index (χ1) is 12.6. The average molecular weight is 351 g/mol. The van der Waals surface area contributed by atoms with Crippen molar-refractivity contribution in [2.75, 3.05) is 5.32 Å². The zero-order valence-electron chi connectivity index (χ0n) is 15.3. The van der Waals surface area contributed by atoms with Gasteiger partial charge < -0.3 is 5.32 Å². The number of nitrogens with zero attached hydrogens (tertiary/aromatic N) is 1. The summed E-state index contributed by atoms with van der Waals surface area (Å²) in [5, 5.41) is 6.91. The standard InChI is InChI=1S/C21H25N3O2/c1-3-18-11-7-8-12-19(18)22-21(26)15-16(2)23-24-20(25)14-13-17-9-5-4-6-10-17/h4-12H,3,13-15H2,1-2H3,(H,22,26)(H,24,25)/b23-16+. The molecule has 136 valence electrons. The Balaban J connectivity index is 1.78. The Morgan fingerprint density at radius 2 is 1.65 bits per heavy atom. The fraction of sp³-hybridized carbons (Fsp3) is 0.286. The molecule has 5 heteroatoms. The number of amides is 2. The maximum Gasteiger partial charge on any atom is 0.240 e. The molecule has 0 saturated carbocycles. The van der Waals surface area contributed by atoms with Gasteiger partial charge in [-0.05, 0) is 37.0 Å². The van der Waals surface area contributed by atoms with Crippen LogP contribution in [0.3, 0.4) is 0 Å². The van der Waals surface area contributed by atoms with Crippen molar-refractivity contribution in [3.8, 4) is 0 Å². The van der Waals surface area contributed by atoms with Gasteiger partial charge >= 0.3 is 0 Å². The Morgan fingerprint density at radius 1 is 0.962 bits per heavy atom. The normalized spacial score (nSPS) is 11.1. The van der Waals surface area contributed by atoms with Gasteiger partial charge in [0, 0.05) is 17.8 Å². The molecule has 0 spiro atoms. The molecular formula is C21H25N3O2. The molecule has 26 heavy (non-hydrogen) atoms. The Hall–Kier alpha value is -2.95. The third kappa shape index (κ3) is 6.51. The number of aryl methyl sites for hydroxylation is 2. The highest BCUT2D eigenvalue weighted by Crippen LogP contribution is 2.15. The van der Waals surface area contributed by atoms with Gasteiger partial charge in [0.25, 0.3) is 0 Å².